The summed E-state index contributed by atoms with van der Waals surface area (Å²) < 4.78 is 161. The molecule has 2 aliphatic carbocycles. The van der Waals surface area contributed by atoms with Crippen LogP contribution in [0.15, 0.2) is 95.1 Å². The van der Waals surface area contributed by atoms with E-state index >= 15 is 0 Å². The molecule has 0 saturated heterocycles. The Hall–Kier alpha value is -5.84. The van der Waals surface area contributed by atoms with E-state index in [1.807, 2.05) is 0 Å². The lowest BCUT2D eigenvalue weighted by Crippen LogP contribution is -2.46. The molecule has 0 fully saturated rings. The zero-order valence-electron chi connectivity index (χ0n) is 27.8. The minimum atomic E-state index is -5.58. The fraction of sp³-hybridized carbons (Fsp3) is 0.176. The predicted octanol–water partition coefficient (Wildman–Crippen LogP) is 5.22. The van der Waals surface area contributed by atoms with Crippen LogP contribution in [0.2, 0.25) is 0 Å². The highest BCUT2D eigenvalue weighted by molar-refractivity contribution is 7.87. The molecular formula is C34H24F6N4O10S2. The van der Waals surface area contributed by atoms with Gasteiger partial charge in [0.25, 0.3) is 20.2 Å². The van der Waals surface area contributed by atoms with Gasteiger partial charge in [-0.2, -0.15) is 27.0 Å². The zero-order valence-corrected chi connectivity index (χ0v) is 29.4. The lowest BCUT2D eigenvalue weighted by molar-refractivity contribution is -0.276. The van der Waals surface area contributed by atoms with Gasteiger partial charge < -0.3 is 21.2 Å². The molecule has 294 valence electrons. The summed E-state index contributed by atoms with van der Waals surface area (Å²) in [6.07, 6.45) is -13.3. The van der Waals surface area contributed by atoms with Crippen LogP contribution in [-0.2, 0) is 29.7 Å². The first kappa shape index (κ1) is 39.8. The fourth-order valence-corrected chi connectivity index (χ4v) is 9.56. The van der Waals surface area contributed by atoms with E-state index in [-0.39, 0.29) is 0 Å². The van der Waals surface area contributed by atoms with Gasteiger partial charge in [0, 0.05) is 35.1 Å². The Balaban J connectivity index is 1.64. The highest BCUT2D eigenvalue weighted by Crippen LogP contribution is 2.52. The molecule has 6 rings (SSSR count). The molecule has 2 unspecified atom stereocenters. The number of rotatable bonds is 7. The van der Waals surface area contributed by atoms with Crippen molar-refractivity contribution in [3.8, 4) is 22.6 Å². The van der Waals surface area contributed by atoms with E-state index in [4.69, 9.17) is 11.7 Å². The summed E-state index contributed by atoms with van der Waals surface area (Å²) >= 11 is 0. The van der Waals surface area contributed by atoms with Gasteiger partial charge in [-0.3, -0.25) is 18.7 Å². The first-order valence-corrected chi connectivity index (χ1v) is 18.4. The van der Waals surface area contributed by atoms with Gasteiger partial charge >= 0.3 is 12.7 Å². The van der Waals surface area contributed by atoms with Crippen molar-refractivity contribution in [3.63, 3.8) is 0 Å². The normalized spacial score (nSPS) is 21.8. The molecule has 4 aromatic carbocycles. The molecule has 2 atom stereocenters. The topological polar surface area (TPSA) is 238 Å². The first-order chi connectivity index (χ1) is 26.0. The van der Waals surface area contributed by atoms with Gasteiger partial charge in [-0.05, 0) is 34.4 Å². The van der Waals surface area contributed by atoms with Crippen LogP contribution in [0, 0.1) is 0 Å². The summed E-state index contributed by atoms with van der Waals surface area (Å²) in [4.78, 5) is 26.1. The maximum absolute atomic E-state index is 14.0. The van der Waals surface area contributed by atoms with Crippen LogP contribution in [0.25, 0.3) is 11.1 Å². The van der Waals surface area contributed by atoms with Crippen molar-refractivity contribution >= 4 is 43.2 Å². The number of hydrogen-bond acceptors (Lipinski definition) is 12. The van der Waals surface area contributed by atoms with Crippen LogP contribution in [0.1, 0.15) is 55.8 Å². The number of hydrogen-bond donors (Lipinski definition) is 4. The summed E-state index contributed by atoms with van der Waals surface area (Å²) in [6.45, 7) is 0. The Morgan fingerprint density at radius 3 is 1.21 bits per heavy atom. The largest absolute Gasteiger partial charge is 0.573 e. The number of nitrogens with two attached hydrogens (primary N) is 2. The molecule has 0 aliphatic heterocycles. The second kappa shape index (κ2) is 13.4. The Kier molecular flexibility index (Phi) is 9.55. The third-order valence-corrected chi connectivity index (χ3v) is 12.3. The second-order valence-electron chi connectivity index (χ2n) is 12.4. The third-order valence-electron chi connectivity index (χ3n) is 9.38. The number of alkyl halides is 6. The number of halogens is 6. The lowest BCUT2D eigenvalue weighted by Gasteiger charge is -2.37. The van der Waals surface area contributed by atoms with E-state index in [0.29, 0.717) is 12.1 Å². The second-order valence-corrected chi connectivity index (χ2v) is 15.7. The Labute approximate surface area is 311 Å². The van der Waals surface area contributed by atoms with Crippen molar-refractivity contribution in [1.82, 2.24) is 0 Å². The first-order valence-electron chi connectivity index (χ1n) is 15.6. The van der Waals surface area contributed by atoms with Crippen LogP contribution in [0.5, 0.6) is 11.5 Å². The monoisotopic (exact) mass is 826 g/mol. The average Bonchev–Trinajstić information content (AvgIpc) is 3.10. The molecule has 56 heavy (non-hydrogen) atoms. The van der Waals surface area contributed by atoms with Crippen molar-refractivity contribution < 1.29 is 71.3 Å². The van der Waals surface area contributed by atoms with Gasteiger partial charge in [0.1, 0.15) is 22.9 Å². The SMILES string of the molecule is NN=C1CC(c2ccc(-c3ccc(C4(S(=O)(=O)O)CC(=NN)C(=O)c5ccccc54)c(OC(F)(F)F)c3)cc2OC(F)(F)F)(S(=O)(=O)O)c2ccccc2C1=O. The van der Waals surface area contributed by atoms with Crippen molar-refractivity contribution in [2.75, 3.05) is 0 Å². The van der Waals surface area contributed by atoms with Crippen LogP contribution in [0.4, 0.5) is 26.3 Å². The average molecular weight is 827 g/mol. The molecule has 0 heterocycles. The number of Topliss-reactive ketones (excluding diaryl/α,β-unsaturated/α-hetero) is 2. The van der Waals surface area contributed by atoms with Crippen molar-refractivity contribution in [2.45, 2.75) is 35.1 Å². The molecule has 14 nitrogen and oxygen atoms in total. The lowest BCUT2D eigenvalue weighted by atomic mass is 9.75. The van der Waals surface area contributed by atoms with Gasteiger partial charge in [-0.1, -0.05) is 72.8 Å². The van der Waals surface area contributed by atoms with Crippen molar-refractivity contribution in [1.29, 1.82) is 0 Å². The number of benzene rings is 4. The smallest absolute Gasteiger partial charge is 0.405 e. The van der Waals surface area contributed by atoms with Crippen LogP contribution < -0.4 is 21.2 Å². The summed E-state index contributed by atoms with van der Waals surface area (Å²) in [5.41, 5.74) is -5.70. The number of ketones is 2. The molecule has 0 amide bonds. The molecule has 0 saturated carbocycles. The van der Waals surface area contributed by atoms with E-state index < -0.39 is 134 Å². The number of carbonyl (C=O) groups is 2. The van der Waals surface area contributed by atoms with Gasteiger partial charge in [-0.15, -0.1) is 26.3 Å². The highest BCUT2D eigenvalue weighted by atomic mass is 32.2. The van der Waals surface area contributed by atoms with Crippen molar-refractivity contribution in [2.24, 2.45) is 21.9 Å². The van der Waals surface area contributed by atoms with Crippen LogP contribution in [0.3, 0.4) is 0 Å². The number of carbonyl (C=O) groups excluding carboxylic acids is 2. The molecule has 6 N–H and O–H groups in total. The highest BCUT2D eigenvalue weighted by Gasteiger charge is 2.57. The van der Waals surface area contributed by atoms with E-state index in [0.717, 1.165) is 48.5 Å². The standard InChI is InChI=1S/C34H24F6N4O10S2/c35-33(36,37)53-27-13-17(9-11-23(27)31(55(47,48)49)15-25(43-41)29(45)19-5-1-3-7-21(19)31)18-10-12-24(28(14-18)54-34(38,39)40)32(56(50,51)52)16-26(44-42)30(46)20-6-2-4-8-22(20)32/h1-14H,15-16,41-42H2,(H,47,48,49)(H,50,51,52). The Morgan fingerprint density at radius 2 is 0.911 bits per heavy atom. The third kappa shape index (κ3) is 6.52. The number of fused-ring (bicyclic) bond motifs is 2. The summed E-state index contributed by atoms with van der Waals surface area (Å²) in [5, 5.41) is 6.59. The van der Waals surface area contributed by atoms with Crippen LogP contribution >= 0.6 is 0 Å². The molecule has 22 heteroatoms. The summed E-state index contributed by atoms with van der Waals surface area (Å²) in [6, 6.07) is 13.9. The van der Waals surface area contributed by atoms with Gasteiger partial charge in [0.15, 0.2) is 9.49 Å². The molecule has 0 bridgehead atoms. The maximum Gasteiger partial charge on any atom is 0.573 e. The molecular weight excluding hydrogens is 803 g/mol. The molecule has 4 aromatic rings. The van der Waals surface area contributed by atoms with Crippen molar-refractivity contribution in [3.05, 3.63) is 118 Å². The number of ether oxygens (including phenoxy) is 2. The zero-order chi connectivity index (χ0) is 41.2. The Morgan fingerprint density at radius 1 is 0.571 bits per heavy atom. The van der Waals surface area contributed by atoms with E-state index in [1.54, 1.807) is 0 Å². The molecule has 2 aliphatic rings. The maximum atomic E-state index is 14.0. The van der Waals surface area contributed by atoms with Gasteiger partial charge in [0.05, 0.1) is 0 Å². The minimum Gasteiger partial charge on any atom is -0.405 e. The predicted molar refractivity (Wildman–Crippen MR) is 184 cm³/mol. The molecule has 0 aromatic heterocycles. The molecule has 0 spiro atoms. The van der Waals surface area contributed by atoms with E-state index in [2.05, 4.69) is 19.7 Å². The summed E-state index contributed by atoms with van der Waals surface area (Å²) in [5.74, 6) is 6.28. The minimum absolute atomic E-state index is 0.395. The summed E-state index contributed by atoms with van der Waals surface area (Å²) in [7, 11) is -11.2. The molecule has 0 radical (unpaired) electrons. The van der Waals surface area contributed by atoms with Gasteiger partial charge in [-0.25, -0.2) is 0 Å². The van der Waals surface area contributed by atoms with E-state index in [9.17, 15) is 61.9 Å². The number of nitrogens with zero attached hydrogens (tertiary/aromatic N) is 2. The Bertz CT molecular complexity index is 2430. The van der Waals surface area contributed by atoms with Gasteiger partial charge in [0.2, 0.25) is 11.6 Å². The quantitative estimate of drug-likeness (QED) is 0.0813. The fourth-order valence-electron chi connectivity index (χ4n) is 7.12. The number of hydrazone groups is 2. The van der Waals surface area contributed by atoms with Crippen LogP contribution in [-0.4, -0.2) is 61.7 Å². The van der Waals surface area contributed by atoms with E-state index in [1.165, 1.54) is 24.3 Å².